The number of aliphatic hydroxyl groups is 1. The van der Waals surface area contributed by atoms with Crippen molar-refractivity contribution in [3.63, 3.8) is 0 Å². The van der Waals surface area contributed by atoms with E-state index in [0.717, 1.165) is 19.4 Å². The Balaban J connectivity index is 1.96. The molecule has 1 saturated carbocycles. The molecule has 0 aromatic heterocycles. The Bertz CT molecular complexity index is 416. The highest BCUT2D eigenvalue weighted by atomic mass is 16.3. The summed E-state index contributed by atoms with van der Waals surface area (Å²) in [6.45, 7) is 3.37. The maximum Gasteiger partial charge on any atom is 0.0613 e. The van der Waals surface area contributed by atoms with Gasteiger partial charge in [0.15, 0.2) is 0 Å². The summed E-state index contributed by atoms with van der Waals surface area (Å²) in [7, 11) is 4.11. The van der Waals surface area contributed by atoms with E-state index in [2.05, 4.69) is 55.5 Å². The first-order chi connectivity index (χ1) is 9.54. The molecule has 0 radical (unpaired) electrons. The molecule has 3 nitrogen and oxygen atoms in total. The third kappa shape index (κ3) is 3.74. The van der Waals surface area contributed by atoms with Crippen LogP contribution in [0.15, 0.2) is 24.3 Å². The zero-order chi connectivity index (χ0) is 14.6. The van der Waals surface area contributed by atoms with E-state index in [-0.39, 0.29) is 12.1 Å². The van der Waals surface area contributed by atoms with Gasteiger partial charge in [-0.2, -0.15) is 0 Å². The topological polar surface area (TPSA) is 35.5 Å². The van der Waals surface area contributed by atoms with Crippen LogP contribution in [0.2, 0.25) is 0 Å². The molecule has 20 heavy (non-hydrogen) atoms. The molecule has 112 valence electrons. The van der Waals surface area contributed by atoms with Gasteiger partial charge in [0.2, 0.25) is 0 Å². The van der Waals surface area contributed by atoms with Crippen LogP contribution in [0, 0.1) is 5.92 Å². The molecule has 0 spiro atoms. The number of hydrogen-bond donors (Lipinski definition) is 2. The van der Waals surface area contributed by atoms with Crippen molar-refractivity contribution in [2.75, 3.05) is 25.6 Å². The van der Waals surface area contributed by atoms with Gasteiger partial charge in [-0.15, -0.1) is 0 Å². The number of nitrogens with zero attached hydrogens (tertiary/aromatic N) is 1. The lowest BCUT2D eigenvalue weighted by molar-refractivity contribution is 0.0982. The van der Waals surface area contributed by atoms with Gasteiger partial charge in [0.25, 0.3) is 0 Å². The third-order valence-electron chi connectivity index (χ3n) is 4.51. The van der Waals surface area contributed by atoms with Gasteiger partial charge in [-0.3, -0.25) is 0 Å². The molecular formula is C17H28N2O. The zero-order valence-electron chi connectivity index (χ0n) is 13.0. The minimum Gasteiger partial charge on any atom is -0.394 e. The van der Waals surface area contributed by atoms with E-state index in [1.807, 2.05) is 0 Å². The van der Waals surface area contributed by atoms with E-state index in [1.54, 1.807) is 0 Å². The first-order valence-electron chi connectivity index (χ1n) is 7.67. The molecule has 1 fully saturated rings. The van der Waals surface area contributed by atoms with E-state index in [1.165, 1.54) is 24.1 Å². The Kier molecular flexibility index (Phi) is 5.06. The molecule has 1 aliphatic carbocycles. The molecule has 0 heterocycles. The van der Waals surface area contributed by atoms with Crippen LogP contribution in [-0.4, -0.2) is 31.3 Å². The minimum absolute atomic E-state index is 0.0715. The van der Waals surface area contributed by atoms with Crippen molar-refractivity contribution in [2.24, 2.45) is 5.92 Å². The monoisotopic (exact) mass is 276 g/mol. The van der Waals surface area contributed by atoms with Crippen LogP contribution in [0.25, 0.3) is 0 Å². The van der Waals surface area contributed by atoms with Crippen LogP contribution in [0.5, 0.6) is 0 Å². The molecule has 0 aliphatic heterocycles. The van der Waals surface area contributed by atoms with Gasteiger partial charge < -0.3 is 15.3 Å². The Morgan fingerprint density at radius 1 is 1.30 bits per heavy atom. The van der Waals surface area contributed by atoms with Gasteiger partial charge in [-0.25, -0.2) is 0 Å². The van der Waals surface area contributed by atoms with Gasteiger partial charge in [0.05, 0.1) is 6.61 Å². The third-order valence-corrected chi connectivity index (χ3v) is 4.51. The normalized spacial score (nSPS) is 26.5. The predicted octanol–water partition coefficient (Wildman–Crippen LogP) is 2.78. The van der Waals surface area contributed by atoms with Crippen molar-refractivity contribution in [1.82, 2.24) is 5.32 Å². The number of benzene rings is 1. The fraction of sp³-hybridized carbons (Fsp3) is 0.647. The Labute approximate surface area is 123 Å². The van der Waals surface area contributed by atoms with Crippen molar-refractivity contribution in [2.45, 2.75) is 44.7 Å². The molecule has 1 aromatic rings. The fourth-order valence-electron chi connectivity index (χ4n) is 3.22. The second-order valence-corrected chi connectivity index (χ2v) is 6.55. The summed E-state index contributed by atoms with van der Waals surface area (Å²) in [5, 5.41) is 13.4. The summed E-state index contributed by atoms with van der Waals surface area (Å²) in [6, 6.07) is 8.62. The van der Waals surface area contributed by atoms with Gasteiger partial charge in [-0.05, 0) is 36.5 Å². The SMILES string of the molecule is CC1CCCC(CO)(NCc2ccc(N(C)C)cc2)C1. The molecule has 2 N–H and O–H groups in total. The number of nitrogens with one attached hydrogen (secondary N) is 1. The molecule has 0 bridgehead atoms. The maximum atomic E-state index is 9.79. The highest BCUT2D eigenvalue weighted by Crippen LogP contribution is 2.32. The number of aliphatic hydroxyl groups excluding tert-OH is 1. The van der Waals surface area contributed by atoms with Gasteiger partial charge in [-0.1, -0.05) is 31.9 Å². The Morgan fingerprint density at radius 2 is 2.00 bits per heavy atom. The molecule has 1 aliphatic rings. The average molecular weight is 276 g/mol. The fourth-order valence-corrected chi connectivity index (χ4v) is 3.22. The van der Waals surface area contributed by atoms with E-state index >= 15 is 0 Å². The molecule has 2 atom stereocenters. The summed E-state index contributed by atoms with van der Waals surface area (Å²) in [6.07, 6.45) is 4.68. The lowest BCUT2D eigenvalue weighted by Crippen LogP contribution is -2.51. The van der Waals surface area contributed by atoms with Crippen LogP contribution in [-0.2, 0) is 6.54 Å². The molecule has 0 amide bonds. The molecule has 0 saturated heterocycles. The molecular weight excluding hydrogens is 248 g/mol. The van der Waals surface area contributed by atoms with Crippen molar-refractivity contribution < 1.29 is 5.11 Å². The highest BCUT2D eigenvalue weighted by Gasteiger charge is 2.33. The van der Waals surface area contributed by atoms with Gasteiger partial charge in [0.1, 0.15) is 0 Å². The molecule has 2 rings (SSSR count). The van der Waals surface area contributed by atoms with Crippen molar-refractivity contribution in [3.8, 4) is 0 Å². The van der Waals surface area contributed by atoms with Crippen LogP contribution in [0.3, 0.4) is 0 Å². The van der Waals surface area contributed by atoms with E-state index in [0.29, 0.717) is 5.92 Å². The highest BCUT2D eigenvalue weighted by molar-refractivity contribution is 5.45. The molecule has 2 unspecified atom stereocenters. The quantitative estimate of drug-likeness (QED) is 0.868. The average Bonchev–Trinajstić information content (AvgIpc) is 2.45. The second kappa shape index (κ2) is 6.59. The van der Waals surface area contributed by atoms with Crippen molar-refractivity contribution >= 4 is 5.69 Å². The number of hydrogen-bond acceptors (Lipinski definition) is 3. The summed E-state index contributed by atoms with van der Waals surface area (Å²) in [5.74, 6) is 0.708. The molecule has 1 aromatic carbocycles. The van der Waals surface area contributed by atoms with Crippen LogP contribution in [0.1, 0.15) is 38.2 Å². The predicted molar refractivity (Wildman–Crippen MR) is 85.1 cm³/mol. The van der Waals surface area contributed by atoms with Crippen LogP contribution in [0.4, 0.5) is 5.69 Å². The molecule has 3 heteroatoms. The zero-order valence-corrected chi connectivity index (χ0v) is 13.0. The first-order valence-corrected chi connectivity index (χ1v) is 7.67. The summed E-state index contributed by atoms with van der Waals surface area (Å²) in [4.78, 5) is 2.11. The lowest BCUT2D eigenvalue weighted by Gasteiger charge is -2.39. The van der Waals surface area contributed by atoms with E-state index < -0.39 is 0 Å². The summed E-state index contributed by atoms with van der Waals surface area (Å²) in [5.41, 5.74) is 2.43. The number of rotatable bonds is 5. The summed E-state index contributed by atoms with van der Waals surface area (Å²) >= 11 is 0. The minimum atomic E-state index is -0.0715. The first kappa shape index (κ1) is 15.3. The second-order valence-electron chi connectivity index (χ2n) is 6.55. The smallest absolute Gasteiger partial charge is 0.0613 e. The Hall–Kier alpha value is -1.06. The standard InChI is InChI=1S/C17H28N2O/c1-14-5-4-10-17(11-14,13-20)18-12-15-6-8-16(9-7-15)19(2)3/h6-9,14,18,20H,4-5,10-13H2,1-3H3. The van der Waals surface area contributed by atoms with E-state index in [4.69, 9.17) is 0 Å². The van der Waals surface area contributed by atoms with E-state index in [9.17, 15) is 5.11 Å². The van der Waals surface area contributed by atoms with Crippen LogP contribution < -0.4 is 10.2 Å². The lowest BCUT2D eigenvalue weighted by atomic mass is 9.77. The largest absolute Gasteiger partial charge is 0.394 e. The van der Waals surface area contributed by atoms with Crippen molar-refractivity contribution in [3.05, 3.63) is 29.8 Å². The Morgan fingerprint density at radius 3 is 2.55 bits per heavy atom. The summed E-state index contributed by atoms with van der Waals surface area (Å²) < 4.78 is 0. The van der Waals surface area contributed by atoms with Gasteiger partial charge in [0, 0.05) is 31.9 Å². The maximum absolute atomic E-state index is 9.79. The van der Waals surface area contributed by atoms with Crippen molar-refractivity contribution in [1.29, 1.82) is 0 Å². The number of anilines is 1. The van der Waals surface area contributed by atoms with Gasteiger partial charge >= 0.3 is 0 Å². The van der Waals surface area contributed by atoms with Crippen LogP contribution >= 0.6 is 0 Å².